The number of benzene rings is 1. The number of hydrogen-bond donors (Lipinski definition) is 3. The summed E-state index contributed by atoms with van der Waals surface area (Å²) in [6.45, 7) is 1.75. The van der Waals surface area contributed by atoms with Gasteiger partial charge in [0, 0.05) is 13.6 Å². The van der Waals surface area contributed by atoms with Crippen LogP contribution in [0.25, 0.3) is 17.2 Å². The maximum atomic E-state index is 12.2. The first kappa shape index (κ1) is 18.3. The summed E-state index contributed by atoms with van der Waals surface area (Å²) in [5.41, 5.74) is 3.82. The van der Waals surface area contributed by atoms with Gasteiger partial charge in [-0.15, -0.1) is 0 Å². The van der Waals surface area contributed by atoms with Gasteiger partial charge >= 0.3 is 5.69 Å². The molecule has 0 amide bonds. The van der Waals surface area contributed by atoms with E-state index in [9.17, 15) is 14.7 Å². The van der Waals surface area contributed by atoms with E-state index in [2.05, 4.69) is 20.5 Å². The summed E-state index contributed by atoms with van der Waals surface area (Å²) >= 11 is 0. The van der Waals surface area contributed by atoms with Crippen LogP contribution in [0.4, 0.5) is 5.95 Å². The van der Waals surface area contributed by atoms with Crippen molar-refractivity contribution in [3.63, 3.8) is 0 Å². The lowest BCUT2D eigenvalue weighted by atomic mass is 10.2. The Morgan fingerprint density at radius 2 is 2.07 bits per heavy atom. The van der Waals surface area contributed by atoms with Crippen LogP contribution in [0, 0.1) is 0 Å². The molecule has 3 rings (SSSR count). The number of hydrazone groups is 1. The summed E-state index contributed by atoms with van der Waals surface area (Å²) in [5, 5.41) is 13.6. The highest BCUT2D eigenvalue weighted by Crippen LogP contribution is 2.15. The highest BCUT2D eigenvalue weighted by atomic mass is 16.3. The van der Waals surface area contributed by atoms with Crippen LogP contribution in [0.2, 0.25) is 0 Å². The Balaban J connectivity index is 1.94. The lowest BCUT2D eigenvalue weighted by molar-refractivity contribution is 0.278. The van der Waals surface area contributed by atoms with Crippen LogP contribution < -0.4 is 16.7 Å². The Morgan fingerprint density at radius 1 is 1.33 bits per heavy atom. The second-order valence-corrected chi connectivity index (χ2v) is 5.91. The number of H-pyrrole nitrogens is 1. The number of aryl methyl sites for hydroxylation is 1. The number of nitrogens with one attached hydrogen (secondary N) is 2. The van der Waals surface area contributed by atoms with Gasteiger partial charge in [0.05, 0.1) is 12.3 Å². The van der Waals surface area contributed by atoms with Crippen molar-refractivity contribution >= 4 is 28.9 Å². The van der Waals surface area contributed by atoms with Crippen molar-refractivity contribution in [2.24, 2.45) is 12.1 Å². The number of aromatic amines is 1. The Bertz CT molecular complexity index is 1120. The molecule has 0 radical (unpaired) electrons. The zero-order valence-corrected chi connectivity index (χ0v) is 15.0. The molecule has 3 N–H and O–H groups in total. The van der Waals surface area contributed by atoms with E-state index >= 15 is 0 Å². The molecule has 3 aromatic rings. The molecule has 0 fully saturated rings. The summed E-state index contributed by atoms with van der Waals surface area (Å²) in [7, 11) is 1.51. The van der Waals surface area contributed by atoms with E-state index in [0.717, 1.165) is 5.56 Å². The number of rotatable bonds is 6. The standard InChI is InChI=1S/C18H20N6O3/c1-12(8-9-13-6-4-3-5-7-13)21-22-17-19-15-14(24(17)10-11-25)16(26)20-18(27)23(15)2/h3-9,25H,10-11H2,1-2H3,(H,19,22)(H,20,26,27)/b9-8+,21-12+. The summed E-state index contributed by atoms with van der Waals surface area (Å²) in [5.74, 6) is 0.262. The van der Waals surface area contributed by atoms with Crippen LogP contribution in [-0.2, 0) is 13.6 Å². The van der Waals surface area contributed by atoms with Gasteiger partial charge in [0.1, 0.15) is 0 Å². The molecule has 9 nitrogen and oxygen atoms in total. The molecule has 0 aliphatic heterocycles. The highest BCUT2D eigenvalue weighted by Gasteiger charge is 2.16. The van der Waals surface area contributed by atoms with Gasteiger partial charge in [-0.05, 0) is 18.6 Å². The number of hydrogen-bond acceptors (Lipinski definition) is 6. The molecule has 0 aliphatic carbocycles. The fourth-order valence-electron chi connectivity index (χ4n) is 2.59. The van der Waals surface area contributed by atoms with Crippen LogP contribution in [0.3, 0.4) is 0 Å². The quantitative estimate of drug-likeness (QED) is 0.442. The largest absolute Gasteiger partial charge is 0.395 e. The van der Waals surface area contributed by atoms with Crippen LogP contribution in [0.1, 0.15) is 12.5 Å². The molecule has 0 saturated heterocycles. The molecule has 140 valence electrons. The fourth-order valence-corrected chi connectivity index (χ4v) is 2.59. The number of imidazole rings is 1. The van der Waals surface area contributed by atoms with Crippen LogP contribution >= 0.6 is 0 Å². The van der Waals surface area contributed by atoms with E-state index in [1.807, 2.05) is 49.4 Å². The number of nitrogens with zero attached hydrogens (tertiary/aromatic N) is 4. The molecular formula is C18H20N6O3. The first-order valence-electron chi connectivity index (χ1n) is 8.35. The summed E-state index contributed by atoms with van der Waals surface area (Å²) in [6.07, 6.45) is 3.76. The number of anilines is 1. The molecule has 2 heterocycles. The molecule has 0 bridgehead atoms. The van der Waals surface area contributed by atoms with E-state index in [0.29, 0.717) is 5.71 Å². The molecule has 1 aromatic carbocycles. The number of aromatic nitrogens is 4. The third kappa shape index (κ3) is 3.87. The van der Waals surface area contributed by atoms with E-state index in [1.165, 1.54) is 16.2 Å². The topological polar surface area (TPSA) is 117 Å². The Morgan fingerprint density at radius 3 is 2.78 bits per heavy atom. The maximum Gasteiger partial charge on any atom is 0.329 e. The molecule has 9 heteroatoms. The van der Waals surface area contributed by atoms with E-state index < -0.39 is 11.2 Å². The molecular weight excluding hydrogens is 348 g/mol. The van der Waals surface area contributed by atoms with Crippen molar-refractivity contribution in [3.05, 3.63) is 62.8 Å². The molecule has 0 spiro atoms. The number of aliphatic hydroxyl groups is 1. The maximum absolute atomic E-state index is 12.2. The van der Waals surface area contributed by atoms with Crippen molar-refractivity contribution in [2.75, 3.05) is 12.0 Å². The van der Waals surface area contributed by atoms with Gasteiger partial charge in [-0.2, -0.15) is 10.1 Å². The predicted octanol–water partition coefficient (Wildman–Crippen LogP) is 0.917. The molecule has 0 aliphatic rings. The van der Waals surface area contributed by atoms with E-state index in [4.69, 9.17) is 0 Å². The monoisotopic (exact) mass is 368 g/mol. The number of allylic oxidation sites excluding steroid dienone is 1. The van der Waals surface area contributed by atoms with Crippen molar-refractivity contribution in [3.8, 4) is 0 Å². The zero-order valence-electron chi connectivity index (χ0n) is 15.0. The van der Waals surface area contributed by atoms with Gasteiger partial charge in [-0.1, -0.05) is 36.4 Å². The minimum absolute atomic E-state index is 0.133. The molecule has 0 saturated carbocycles. The highest BCUT2D eigenvalue weighted by molar-refractivity contribution is 5.96. The Hall–Kier alpha value is -3.46. The average molecular weight is 368 g/mol. The molecule has 27 heavy (non-hydrogen) atoms. The summed E-state index contributed by atoms with van der Waals surface area (Å²) < 4.78 is 2.73. The van der Waals surface area contributed by atoms with Crippen LogP contribution in [-0.4, -0.2) is 36.5 Å². The zero-order chi connectivity index (χ0) is 19.4. The molecule has 0 atom stereocenters. The third-order valence-electron chi connectivity index (χ3n) is 3.98. The lowest BCUT2D eigenvalue weighted by Crippen LogP contribution is -2.29. The Kier molecular flexibility index (Phi) is 5.32. The second kappa shape index (κ2) is 7.83. The summed E-state index contributed by atoms with van der Waals surface area (Å²) in [4.78, 5) is 30.5. The van der Waals surface area contributed by atoms with E-state index in [-0.39, 0.29) is 30.3 Å². The minimum atomic E-state index is -0.563. The normalized spacial score (nSPS) is 12.2. The van der Waals surface area contributed by atoms with Gasteiger partial charge in [-0.3, -0.25) is 14.3 Å². The van der Waals surface area contributed by atoms with Gasteiger partial charge in [0.15, 0.2) is 11.2 Å². The van der Waals surface area contributed by atoms with Crippen molar-refractivity contribution in [1.29, 1.82) is 0 Å². The van der Waals surface area contributed by atoms with Gasteiger partial charge < -0.3 is 9.67 Å². The molecule has 0 unspecified atom stereocenters. The minimum Gasteiger partial charge on any atom is -0.395 e. The average Bonchev–Trinajstić information content (AvgIpc) is 3.03. The van der Waals surface area contributed by atoms with Crippen LogP contribution in [0.15, 0.2) is 51.1 Å². The fraction of sp³-hybridized carbons (Fsp3) is 0.222. The lowest BCUT2D eigenvalue weighted by Gasteiger charge is -2.06. The number of fused-ring (bicyclic) bond motifs is 1. The van der Waals surface area contributed by atoms with Crippen LogP contribution in [0.5, 0.6) is 0 Å². The SMILES string of the molecule is CC(/C=C/c1ccccc1)=N\Nc1nc2c(c(=O)[nH]c(=O)n2C)n1CCO. The van der Waals surface area contributed by atoms with Gasteiger partial charge in [0.2, 0.25) is 5.95 Å². The first-order chi connectivity index (χ1) is 13.0. The van der Waals surface area contributed by atoms with Crippen molar-refractivity contribution < 1.29 is 5.11 Å². The first-order valence-corrected chi connectivity index (χ1v) is 8.35. The van der Waals surface area contributed by atoms with Crippen molar-refractivity contribution in [2.45, 2.75) is 13.5 Å². The van der Waals surface area contributed by atoms with Gasteiger partial charge in [0.25, 0.3) is 5.56 Å². The Labute approximate surface area is 154 Å². The van der Waals surface area contributed by atoms with E-state index in [1.54, 1.807) is 0 Å². The smallest absolute Gasteiger partial charge is 0.329 e. The van der Waals surface area contributed by atoms with Gasteiger partial charge in [-0.25, -0.2) is 10.2 Å². The third-order valence-corrected chi connectivity index (χ3v) is 3.98. The molecule has 2 aromatic heterocycles. The van der Waals surface area contributed by atoms with Crippen molar-refractivity contribution in [1.82, 2.24) is 19.1 Å². The number of aliphatic hydroxyl groups excluding tert-OH is 1. The second-order valence-electron chi connectivity index (χ2n) is 5.91. The summed E-state index contributed by atoms with van der Waals surface area (Å²) in [6, 6.07) is 9.79. The predicted molar refractivity (Wildman–Crippen MR) is 105 cm³/mol.